The van der Waals surface area contributed by atoms with E-state index in [1.165, 1.54) is 12.2 Å². The van der Waals surface area contributed by atoms with Crippen molar-refractivity contribution in [2.24, 2.45) is 33.5 Å². The van der Waals surface area contributed by atoms with Crippen LogP contribution in [0.25, 0.3) is 0 Å². The van der Waals surface area contributed by atoms with Crippen molar-refractivity contribution in [3.05, 3.63) is 59.2 Å². The Labute approximate surface area is 233 Å². The number of aliphatic hydroxyl groups excluding tert-OH is 2. The van der Waals surface area contributed by atoms with Crippen LogP contribution in [0, 0.1) is 33.5 Å². The molecule has 40 heavy (non-hydrogen) atoms. The lowest BCUT2D eigenvalue weighted by molar-refractivity contribution is -0.237. The van der Waals surface area contributed by atoms with Crippen LogP contribution >= 0.6 is 0 Å². The maximum Gasteiger partial charge on any atom is 0.335 e. The summed E-state index contributed by atoms with van der Waals surface area (Å²) in [5, 5.41) is 31.4. The van der Waals surface area contributed by atoms with Gasteiger partial charge in [0, 0.05) is 31.0 Å². The number of carboxylic acid groups (broad SMARTS) is 1. The smallest absolute Gasteiger partial charge is 0.335 e. The largest absolute Gasteiger partial charge is 0.478 e. The lowest BCUT2D eigenvalue weighted by Gasteiger charge is -2.67. The van der Waals surface area contributed by atoms with E-state index >= 15 is 4.39 Å². The number of allylic oxidation sites excluding steroid dienone is 4. The summed E-state index contributed by atoms with van der Waals surface area (Å²) >= 11 is 0. The van der Waals surface area contributed by atoms with Crippen LogP contribution in [0.15, 0.2) is 48.1 Å². The lowest BCUT2D eigenvalue weighted by Crippen LogP contribution is -2.71. The molecule has 4 aliphatic carbocycles. The van der Waals surface area contributed by atoms with Gasteiger partial charge in [-0.3, -0.25) is 14.5 Å². The molecule has 5 aliphatic rings. The van der Waals surface area contributed by atoms with Crippen LogP contribution < -0.4 is 0 Å². The normalized spacial score (nSPS) is 43.9. The van der Waals surface area contributed by atoms with Crippen molar-refractivity contribution in [3.8, 4) is 0 Å². The van der Waals surface area contributed by atoms with Crippen LogP contribution in [0.2, 0.25) is 0 Å². The molecule has 0 bridgehead atoms. The molecule has 0 spiro atoms. The van der Waals surface area contributed by atoms with Gasteiger partial charge in [0.2, 0.25) is 0 Å². The molecule has 1 aromatic rings. The fourth-order valence-electron chi connectivity index (χ4n) is 10.2. The van der Waals surface area contributed by atoms with Gasteiger partial charge in [-0.05, 0) is 79.2 Å². The first-order valence-electron chi connectivity index (χ1n) is 14.3. The molecule has 3 N–H and O–H groups in total. The Morgan fingerprint density at radius 1 is 1.18 bits per heavy atom. The van der Waals surface area contributed by atoms with E-state index in [0.717, 1.165) is 11.1 Å². The Bertz CT molecular complexity index is 1370. The highest BCUT2D eigenvalue weighted by Crippen LogP contribution is 2.79. The highest BCUT2D eigenvalue weighted by Gasteiger charge is 2.81. The van der Waals surface area contributed by atoms with Gasteiger partial charge >= 0.3 is 5.97 Å². The molecule has 6 rings (SSSR count). The van der Waals surface area contributed by atoms with Crippen LogP contribution in [0.1, 0.15) is 62.4 Å². The number of carbonyl (C=O) groups is 3. The Morgan fingerprint density at radius 2 is 1.93 bits per heavy atom. The second-order valence-corrected chi connectivity index (χ2v) is 13.6. The van der Waals surface area contributed by atoms with E-state index in [0.29, 0.717) is 38.9 Å². The molecule has 0 radical (unpaired) electrons. The average molecular weight is 552 g/mol. The number of aromatic carboxylic acids is 1. The van der Waals surface area contributed by atoms with E-state index in [9.17, 15) is 29.7 Å². The number of likely N-dealkylation sites (tertiary alicyclic amines) is 1. The summed E-state index contributed by atoms with van der Waals surface area (Å²) < 4.78 is 17.7. The summed E-state index contributed by atoms with van der Waals surface area (Å²) in [5.41, 5.74) is -3.75. The van der Waals surface area contributed by atoms with E-state index < -0.39 is 51.9 Å². The van der Waals surface area contributed by atoms with Crippen molar-refractivity contribution in [3.63, 3.8) is 0 Å². The highest BCUT2D eigenvalue weighted by molar-refractivity contribution is 6.01. The van der Waals surface area contributed by atoms with E-state index in [-0.39, 0.29) is 29.5 Å². The average Bonchev–Trinajstić information content (AvgIpc) is 3.34. The lowest BCUT2D eigenvalue weighted by atomic mass is 9.38. The first kappa shape index (κ1) is 27.5. The third-order valence-corrected chi connectivity index (χ3v) is 12.2. The van der Waals surface area contributed by atoms with Crippen LogP contribution in [-0.2, 0) is 16.1 Å². The molecule has 1 aliphatic heterocycles. The van der Waals surface area contributed by atoms with Gasteiger partial charge in [0.15, 0.2) is 17.2 Å². The van der Waals surface area contributed by atoms with Gasteiger partial charge in [0.05, 0.1) is 17.1 Å². The van der Waals surface area contributed by atoms with E-state index in [4.69, 9.17) is 0 Å². The molecule has 1 heterocycles. The number of hydrogen-bond donors (Lipinski definition) is 3. The number of alkyl halides is 1. The summed E-state index contributed by atoms with van der Waals surface area (Å²) in [7, 11) is 0. The second-order valence-electron chi connectivity index (χ2n) is 13.6. The van der Waals surface area contributed by atoms with Gasteiger partial charge in [-0.15, -0.1) is 0 Å². The minimum absolute atomic E-state index is 0.0751. The number of carbonyl (C=O) groups excluding carboxylic acids is 2. The fourth-order valence-corrected chi connectivity index (χ4v) is 10.2. The van der Waals surface area contributed by atoms with Crippen molar-refractivity contribution in [2.45, 2.75) is 64.8 Å². The number of hydrogen-bond acceptors (Lipinski definition) is 6. The zero-order valence-corrected chi connectivity index (χ0v) is 23.3. The van der Waals surface area contributed by atoms with Crippen LogP contribution in [0.5, 0.6) is 0 Å². The van der Waals surface area contributed by atoms with Crippen molar-refractivity contribution in [2.75, 3.05) is 19.7 Å². The summed E-state index contributed by atoms with van der Waals surface area (Å²) in [6.45, 7) is 6.64. The van der Waals surface area contributed by atoms with E-state index in [2.05, 4.69) is 11.8 Å². The molecule has 8 heteroatoms. The van der Waals surface area contributed by atoms with Crippen molar-refractivity contribution in [1.82, 2.24) is 4.90 Å². The number of benzene rings is 1. The first-order valence-corrected chi connectivity index (χ1v) is 14.3. The maximum atomic E-state index is 17.7. The number of Topliss-reactive ketones (excluding diaryl/α,β-unsaturated/α-hetero) is 1. The monoisotopic (exact) mass is 551 g/mol. The highest BCUT2D eigenvalue weighted by atomic mass is 19.1. The van der Waals surface area contributed by atoms with Gasteiger partial charge in [-0.2, -0.15) is 0 Å². The number of rotatable bonds is 5. The quantitative estimate of drug-likeness (QED) is 0.511. The third-order valence-electron chi connectivity index (χ3n) is 12.2. The maximum absolute atomic E-state index is 17.7. The molecule has 1 aromatic carbocycles. The number of halogens is 1. The molecule has 0 aromatic heterocycles. The number of nitrogens with zero attached hydrogens (tertiary/aromatic N) is 1. The summed E-state index contributed by atoms with van der Waals surface area (Å²) in [6, 6.07) is 6.76. The predicted octanol–water partition coefficient (Wildman–Crippen LogP) is 3.74. The Kier molecular flexibility index (Phi) is 5.95. The van der Waals surface area contributed by atoms with Gasteiger partial charge in [-0.25, -0.2) is 9.18 Å². The fraction of sp³-hybridized carbons (Fsp3) is 0.594. The van der Waals surface area contributed by atoms with Gasteiger partial charge in [-0.1, -0.05) is 37.6 Å². The topological polar surface area (TPSA) is 115 Å². The minimum Gasteiger partial charge on any atom is -0.478 e. The number of ketones is 2. The van der Waals surface area contributed by atoms with E-state index in [1.807, 2.05) is 13.0 Å². The molecule has 3 saturated carbocycles. The molecule has 8 unspecified atom stereocenters. The Balaban J connectivity index is 1.40. The predicted molar refractivity (Wildman–Crippen MR) is 145 cm³/mol. The Morgan fingerprint density at radius 3 is 2.62 bits per heavy atom. The molecular formula is C32H38FNO6. The molecular weight excluding hydrogens is 513 g/mol. The molecule has 4 fully saturated rings. The van der Waals surface area contributed by atoms with E-state index in [1.54, 1.807) is 31.2 Å². The second kappa shape index (κ2) is 8.66. The number of fused-ring (bicyclic) bond motifs is 7. The van der Waals surface area contributed by atoms with Gasteiger partial charge in [0.1, 0.15) is 6.61 Å². The first-order chi connectivity index (χ1) is 18.8. The minimum atomic E-state index is -2.00. The zero-order valence-electron chi connectivity index (χ0n) is 23.3. The number of carboxylic acids is 1. The Hall–Kier alpha value is -2.68. The van der Waals surface area contributed by atoms with Crippen LogP contribution in [-0.4, -0.2) is 69.2 Å². The molecule has 0 amide bonds. The van der Waals surface area contributed by atoms with Crippen LogP contribution in [0.4, 0.5) is 4.39 Å². The molecule has 214 valence electrons. The molecule has 1 saturated heterocycles. The summed E-state index contributed by atoms with van der Waals surface area (Å²) in [6.07, 6.45) is 4.91. The van der Waals surface area contributed by atoms with Gasteiger partial charge in [0.25, 0.3) is 0 Å². The zero-order chi connectivity index (χ0) is 28.9. The van der Waals surface area contributed by atoms with Crippen molar-refractivity contribution >= 4 is 17.5 Å². The standard InChI is InChI=1S/C32H38FNO6/c1-28-10-9-23(36)12-21(28)7-8-24-29(2)13-22-16-34(15-19-5-4-6-20(11-19)27(39)40)18-31(22,26(38)17-35)30(29,3)14-25(37)32(24,28)33/h4-6,9-12,22,24-25,35,37H,7-8,13-18H2,1-3H3,(H,39,40). The molecule has 8 atom stereocenters. The number of aliphatic hydroxyl groups is 2. The molecule has 7 nitrogen and oxygen atoms in total. The summed E-state index contributed by atoms with van der Waals surface area (Å²) in [4.78, 5) is 39.6. The third kappa shape index (κ3) is 3.18. The van der Waals surface area contributed by atoms with Crippen molar-refractivity contribution < 1.29 is 34.1 Å². The van der Waals surface area contributed by atoms with Crippen molar-refractivity contribution in [1.29, 1.82) is 0 Å². The van der Waals surface area contributed by atoms with Crippen LogP contribution in [0.3, 0.4) is 0 Å². The van der Waals surface area contributed by atoms with Gasteiger partial charge < -0.3 is 15.3 Å². The summed E-state index contributed by atoms with van der Waals surface area (Å²) in [5.74, 6) is -2.11. The SMILES string of the molecule is CC12C=CC(=O)C=C1CCC1C3(C)CC4CN(Cc5cccc(C(=O)O)c5)CC4(C(=O)CO)C3(C)CC(O)C12F.